The summed E-state index contributed by atoms with van der Waals surface area (Å²) in [5.74, 6) is 0.129. The predicted molar refractivity (Wildman–Crippen MR) is 93.4 cm³/mol. The first-order valence-corrected chi connectivity index (χ1v) is 8.12. The monoisotopic (exact) mass is 311 g/mol. The van der Waals surface area contributed by atoms with Crippen LogP contribution in [0.3, 0.4) is 0 Å². The molecule has 0 spiro atoms. The number of nitrogens with one attached hydrogen (secondary N) is 1. The molecule has 1 unspecified atom stereocenters. The van der Waals surface area contributed by atoms with Gasteiger partial charge in [-0.25, -0.2) is 0 Å². The number of hydrogen-bond acceptors (Lipinski definition) is 2. The number of amides is 1. The Bertz CT molecular complexity index is 544. The van der Waals surface area contributed by atoms with Crippen molar-refractivity contribution in [3.63, 3.8) is 0 Å². The van der Waals surface area contributed by atoms with Crippen molar-refractivity contribution < 1.29 is 9.53 Å². The van der Waals surface area contributed by atoms with Crippen LogP contribution in [0, 0.1) is 0 Å². The Labute approximate surface area is 138 Å². The molecule has 0 heterocycles. The van der Waals surface area contributed by atoms with Gasteiger partial charge in [0.1, 0.15) is 0 Å². The van der Waals surface area contributed by atoms with Gasteiger partial charge in [0.25, 0.3) is 0 Å². The highest BCUT2D eigenvalue weighted by Gasteiger charge is 2.19. The summed E-state index contributed by atoms with van der Waals surface area (Å²) in [4.78, 5) is 12.5. The van der Waals surface area contributed by atoms with Crippen LogP contribution in [-0.2, 0) is 9.53 Å². The van der Waals surface area contributed by atoms with Crippen molar-refractivity contribution in [3.05, 3.63) is 71.8 Å². The van der Waals surface area contributed by atoms with Crippen molar-refractivity contribution in [2.75, 3.05) is 13.7 Å². The van der Waals surface area contributed by atoms with E-state index in [1.165, 1.54) is 0 Å². The van der Waals surface area contributed by atoms with Crippen LogP contribution in [0.5, 0.6) is 0 Å². The Kier molecular flexibility index (Phi) is 6.82. The number of hydrogen-bond donors (Lipinski definition) is 1. The topological polar surface area (TPSA) is 38.3 Å². The van der Waals surface area contributed by atoms with E-state index in [1.54, 1.807) is 7.11 Å². The predicted octanol–water partition coefficient (Wildman–Crippen LogP) is 3.75. The van der Waals surface area contributed by atoms with Gasteiger partial charge in [0.05, 0.1) is 12.6 Å². The second-order valence-corrected chi connectivity index (χ2v) is 5.71. The lowest BCUT2D eigenvalue weighted by Crippen LogP contribution is -2.38. The van der Waals surface area contributed by atoms with E-state index in [-0.39, 0.29) is 17.9 Å². The quantitative estimate of drug-likeness (QED) is 0.806. The fraction of sp³-hybridized carbons (Fsp3) is 0.350. The third-order valence-electron chi connectivity index (χ3n) is 4.02. The summed E-state index contributed by atoms with van der Waals surface area (Å²) >= 11 is 0. The molecule has 2 rings (SSSR count). The van der Waals surface area contributed by atoms with Gasteiger partial charge in [-0.1, -0.05) is 67.6 Å². The van der Waals surface area contributed by atoms with Crippen LogP contribution in [0.15, 0.2) is 60.7 Å². The van der Waals surface area contributed by atoms with Crippen molar-refractivity contribution in [1.29, 1.82) is 0 Å². The second-order valence-electron chi connectivity index (χ2n) is 5.71. The van der Waals surface area contributed by atoms with Crippen molar-refractivity contribution in [2.24, 2.45) is 0 Å². The molecule has 1 atom stereocenters. The van der Waals surface area contributed by atoms with E-state index in [4.69, 9.17) is 4.74 Å². The highest BCUT2D eigenvalue weighted by molar-refractivity contribution is 5.77. The minimum Gasteiger partial charge on any atom is -0.383 e. The van der Waals surface area contributed by atoms with Gasteiger partial charge in [0.15, 0.2) is 0 Å². The van der Waals surface area contributed by atoms with Gasteiger partial charge in [-0.05, 0) is 17.5 Å². The van der Waals surface area contributed by atoms with Crippen molar-refractivity contribution in [1.82, 2.24) is 5.32 Å². The van der Waals surface area contributed by atoms with Crippen LogP contribution in [-0.4, -0.2) is 25.7 Å². The summed E-state index contributed by atoms with van der Waals surface area (Å²) in [7, 11) is 1.66. The molecule has 0 bridgehead atoms. The Balaban J connectivity index is 2.14. The molecule has 122 valence electrons. The summed E-state index contributed by atoms with van der Waals surface area (Å²) in [6, 6.07) is 20.5. The Morgan fingerprint density at radius 3 is 1.96 bits per heavy atom. The Hall–Kier alpha value is -2.13. The molecule has 0 aliphatic heterocycles. The smallest absolute Gasteiger partial charge is 0.221 e. The summed E-state index contributed by atoms with van der Waals surface area (Å²) < 4.78 is 5.16. The third-order valence-corrected chi connectivity index (χ3v) is 4.02. The lowest BCUT2D eigenvalue weighted by atomic mass is 9.88. The summed E-state index contributed by atoms with van der Waals surface area (Å²) in [5.41, 5.74) is 2.32. The first-order valence-electron chi connectivity index (χ1n) is 8.12. The van der Waals surface area contributed by atoms with E-state index in [0.717, 1.165) is 17.5 Å². The van der Waals surface area contributed by atoms with E-state index >= 15 is 0 Å². The van der Waals surface area contributed by atoms with Gasteiger partial charge in [-0.15, -0.1) is 0 Å². The number of carbonyl (C=O) groups is 1. The molecular weight excluding hydrogens is 286 g/mol. The molecular formula is C20H25NO2. The van der Waals surface area contributed by atoms with Crippen LogP contribution in [0.4, 0.5) is 0 Å². The van der Waals surface area contributed by atoms with Gasteiger partial charge in [0.2, 0.25) is 5.91 Å². The van der Waals surface area contributed by atoms with Gasteiger partial charge >= 0.3 is 0 Å². The summed E-state index contributed by atoms with van der Waals surface area (Å²) in [6.45, 7) is 2.60. The second kappa shape index (κ2) is 9.11. The molecule has 0 aliphatic carbocycles. The van der Waals surface area contributed by atoms with Gasteiger partial charge in [-0.3, -0.25) is 4.79 Å². The maximum atomic E-state index is 12.5. The largest absolute Gasteiger partial charge is 0.383 e. The number of rotatable bonds is 8. The normalized spacial score (nSPS) is 12.1. The molecule has 1 N–H and O–H groups in total. The zero-order valence-electron chi connectivity index (χ0n) is 13.9. The average molecular weight is 311 g/mol. The Morgan fingerprint density at radius 1 is 1.00 bits per heavy atom. The lowest BCUT2D eigenvalue weighted by Gasteiger charge is -2.21. The minimum absolute atomic E-state index is 0.0617. The molecule has 2 aromatic rings. The fourth-order valence-electron chi connectivity index (χ4n) is 2.73. The molecule has 0 fully saturated rings. The number of methoxy groups -OCH3 is 1. The van der Waals surface area contributed by atoms with Crippen LogP contribution in [0.25, 0.3) is 0 Å². The Morgan fingerprint density at radius 2 is 1.52 bits per heavy atom. The minimum atomic E-state index is 0.0617. The maximum absolute atomic E-state index is 12.5. The van der Waals surface area contributed by atoms with Crippen LogP contribution >= 0.6 is 0 Å². The zero-order chi connectivity index (χ0) is 16.5. The summed E-state index contributed by atoms with van der Waals surface area (Å²) in [5, 5.41) is 3.07. The molecule has 1 amide bonds. The third kappa shape index (κ3) is 5.22. The fourth-order valence-corrected chi connectivity index (χ4v) is 2.73. The first-order chi connectivity index (χ1) is 11.2. The highest BCUT2D eigenvalue weighted by Crippen LogP contribution is 2.27. The lowest BCUT2D eigenvalue weighted by molar-refractivity contribution is -0.122. The SMILES string of the molecule is CCC(COC)NC(=O)CC(c1ccccc1)c1ccccc1. The van der Waals surface area contributed by atoms with Crippen molar-refractivity contribution in [3.8, 4) is 0 Å². The molecule has 0 saturated carbocycles. The number of ether oxygens (including phenoxy) is 1. The van der Waals surface area contributed by atoms with E-state index in [9.17, 15) is 4.79 Å². The molecule has 0 radical (unpaired) electrons. The van der Waals surface area contributed by atoms with Crippen LogP contribution in [0.2, 0.25) is 0 Å². The molecule has 2 aromatic carbocycles. The van der Waals surface area contributed by atoms with E-state index in [2.05, 4.69) is 36.5 Å². The molecule has 0 saturated heterocycles. The first kappa shape index (κ1) is 17.2. The number of carbonyl (C=O) groups excluding carboxylic acids is 1. The van der Waals surface area contributed by atoms with Crippen molar-refractivity contribution >= 4 is 5.91 Å². The van der Waals surface area contributed by atoms with E-state index < -0.39 is 0 Å². The van der Waals surface area contributed by atoms with Crippen LogP contribution < -0.4 is 5.32 Å². The van der Waals surface area contributed by atoms with Crippen LogP contribution in [0.1, 0.15) is 36.8 Å². The van der Waals surface area contributed by atoms with Gasteiger partial charge in [-0.2, -0.15) is 0 Å². The molecule has 0 aliphatic rings. The highest BCUT2D eigenvalue weighted by atomic mass is 16.5. The standard InChI is InChI=1S/C20H25NO2/c1-3-18(15-23-2)21-20(22)14-19(16-10-6-4-7-11-16)17-12-8-5-9-13-17/h4-13,18-19H,3,14-15H2,1-2H3,(H,21,22). The average Bonchev–Trinajstić information content (AvgIpc) is 2.61. The molecule has 0 aromatic heterocycles. The van der Waals surface area contributed by atoms with E-state index in [0.29, 0.717) is 13.0 Å². The van der Waals surface area contributed by atoms with E-state index in [1.807, 2.05) is 36.4 Å². The van der Waals surface area contributed by atoms with Gasteiger partial charge in [0, 0.05) is 19.4 Å². The number of benzene rings is 2. The summed E-state index contributed by atoms with van der Waals surface area (Å²) in [6.07, 6.45) is 1.30. The zero-order valence-corrected chi connectivity index (χ0v) is 13.9. The maximum Gasteiger partial charge on any atom is 0.221 e. The molecule has 23 heavy (non-hydrogen) atoms. The molecule has 3 nitrogen and oxygen atoms in total. The van der Waals surface area contributed by atoms with Crippen molar-refractivity contribution in [2.45, 2.75) is 31.7 Å². The van der Waals surface area contributed by atoms with Gasteiger partial charge < -0.3 is 10.1 Å². The molecule has 3 heteroatoms.